The lowest BCUT2D eigenvalue weighted by Crippen LogP contribution is -2.30. The van der Waals surface area contributed by atoms with Gasteiger partial charge < -0.3 is 30.2 Å². The van der Waals surface area contributed by atoms with Crippen molar-refractivity contribution in [3.63, 3.8) is 0 Å². The highest BCUT2D eigenvalue weighted by Gasteiger charge is 2.17. The number of amides is 3. The van der Waals surface area contributed by atoms with Crippen molar-refractivity contribution in [1.82, 2.24) is 5.32 Å². The van der Waals surface area contributed by atoms with E-state index in [0.29, 0.717) is 39.8 Å². The fourth-order valence-corrected chi connectivity index (χ4v) is 4.67. The fourth-order valence-electron chi connectivity index (χ4n) is 3.92. The summed E-state index contributed by atoms with van der Waals surface area (Å²) in [6.07, 6.45) is 1.54. The zero-order chi connectivity index (χ0) is 30.6. The number of carbonyl (C=O) groups excluding carboxylic acids is 3. The van der Waals surface area contributed by atoms with Crippen molar-refractivity contribution < 1.29 is 28.6 Å². The van der Waals surface area contributed by atoms with Crippen LogP contribution in [0.25, 0.3) is 6.08 Å². The topological polar surface area (TPSA) is 115 Å². The summed E-state index contributed by atoms with van der Waals surface area (Å²) in [4.78, 5) is 39.7. The fraction of sp³-hybridized carbons (Fsp3) is 0.121. The Morgan fingerprint density at radius 3 is 2.14 bits per heavy atom. The van der Waals surface area contributed by atoms with Gasteiger partial charge in [-0.15, -0.1) is 11.8 Å². The standard InChI is InChI=1S/C33H31N3O6S/c1-40-26-16-13-24(14-17-26)34-31(37)21-43-28-11-7-10-25(19-28)35-33(39)29(36-32(38)22-8-5-4-6-9-22)18-23-12-15-27(41-2)20-30(23)42-3/h4-20H,21H2,1-3H3,(H,34,37)(H,35,39)(H,36,38)/b29-18+. The van der Waals surface area contributed by atoms with Crippen LogP contribution < -0.4 is 30.2 Å². The summed E-state index contributed by atoms with van der Waals surface area (Å²) < 4.78 is 15.9. The summed E-state index contributed by atoms with van der Waals surface area (Å²) in [6, 6.07) is 27.9. The van der Waals surface area contributed by atoms with E-state index in [4.69, 9.17) is 14.2 Å². The highest BCUT2D eigenvalue weighted by Crippen LogP contribution is 2.27. The molecule has 0 aliphatic rings. The molecule has 4 aromatic rings. The largest absolute Gasteiger partial charge is 0.497 e. The zero-order valence-corrected chi connectivity index (χ0v) is 24.7. The van der Waals surface area contributed by atoms with E-state index < -0.39 is 11.8 Å². The van der Waals surface area contributed by atoms with Crippen molar-refractivity contribution in [3.8, 4) is 17.2 Å². The quantitative estimate of drug-likeness (QED) is 0.139. The molecule has 3 amide bonds. The molecule has 0 radical (unpaired) electrons. The summed E-state index contributed by atoms with van der Waals surface area (Å²) in [5.41, 5.74) is 2.13. The van der Waals surface area contributed by atoms with Crippen LogP contribution in [0, 0.1) is 0 Å². The van der Waals surface area contributed by atoms with Gasteiger partial charge in [0.15, 0.2) is 0 Å². The molecular weight excluding hydrogens is 566 g/mol. The van der Waals surface area contributed by atoms with E-state index >= 15 is 0 Å². The van der Waals surface area contributed by atoms with Gasteiger partial charge in [0, 0.05) is 33.5 Å². The molecule has 0 aromatic heterocycles. The molecule has 0 aliphatic carbocycles. The van der Waals surface area contributed by atoms with E-state index in [1.165, 1.54) is 24.9 Å². The second-order valence-corrected chi connectivity index (χ2v) is 10.1. The molecule has 43 heavy (non-hydrogen) atoms. The molecule has 10 heteroatoms. The molecule has 4 rings (SSSR count). The van der Waals surface area contributed by atoms with Crippen LogP contribution in [0.1, 0.15) is 15.9 Å². The molecule has 0 atom stereocenters. The third-order valence-electron chi connectivity index (χ3n) is 6.10. The average molecular weight is 598 g/mol. The Bertz CT molecular complexity index is 1610. The monoisotopic (exact) mass is 597 g/mol. The second-order valence-electron chi connectivity index (χ2n) is 9.03. The number of hydrogen-bond donors (Lipinski definition) is 3. The van der Waals surface area contributed by atoms with Crippen LogP contribution in [-0.4, -0.2) is 44.8 Å². The van der Waals surface area contributed by atoms with E-state index in [2.05, 4.69) is 16.0 Å². The molecule has 0 saturated carbocycles. The van der Waals surface area contributed by atoms with Gasteiger partial charge in [0.25, 0.3) is 11.8 Å². The van der Waals surface area contributed by atoms with Crippen LogP contribution in [0.5, 0.6) is 17.2 Å². The molecule has 0 saturated heterocycles. The second kappa shape index (κ2) is 15.1. The SMILES string of the molecule is COc1ccc(NC(=O)CSc2cccc(NC(=O)/C(=C\c3ccc(OC)cc3OC)NC(=O)c3ccccc3)c2)cc1. The first-order valence-corrected chi connectivity index (χ1v) is 14.2. The minimum atomic E-state index is -0.540. The Balaban J connectivity index is 1.48. The van der Waals surface area contributed by atoms with E-state index in [1.807, 2.05) is 6.07 Å². The molecule has 0 unspecified atom stereocenters. The maximum atomic E-state index is 13.5. The Labute approximate surface area is 254 Å². The van der Waals surface area contributed by atoms with E-state index in [-0.39, 0.29) is 17.4 Å². The summed E-state index contributed by atoms with van der Waals surface area (Å²) in [7, 11) is 4.63. The molecule has 0 fully saturated rings. The highest BCUT2D eigenvalue weighted by atomic mass is 32.2. The third-order valence-corrected chi connectivity index (χ3v) is 7.10. The molecule has 9 nitrogen and oxygen atoms in total. The van der Waals surface area contributed by atoms with Gasteiger partial charge in [-0.3, -0.25) is 14.4 Å². The maximum absolute atomic E-state index is 13.5. The molecule has 3 N–H and O–H groups in total. The van der Waals surface area contributed by atoms with Crippen LogP contribution in [-0.2, 0) is 9.59 Å². The lowest BCUT2D eigenvalue weighted by molar-refractivity contribution is -0.114. The van der Waals surface area contributed by atoms with Gasteiger partial charge in [0.2, 0.25) is 5.91 Å². The normalized spacial score (nSPS) is 10.8. The van der Waals surface area contributed by atoms with E-state index in [1.54, 1.807) is 105 Å². The van der Waals surface area contributed by atoms with Crippen molar-refractivity contribution in [1.29, 1.82) is 0 Å². The number of benzene rings is 4. The summed E-state index contributed by atoms with van der Waals surface area (Å²) in [5, 5.41) is 8.41. The van der Waals surface area contributed by atoms with Gasteiger partial charge >= 0.3 is 0 Å². The van der Waals surface area contributed by atoms with Crippen molar-refractivity contribution in [2.75, 3.05) is 37.7 Å². The van der Waals surface area contributed by atoms with E-state index in [0.717, 1.165) is 4.90 Å². The minimum Gasteiger partial charge on any atom is -0.497 e. The lowest BCUT2D eigenvalue weighted by Gasteiger charge is -2.13. The minimum absolute atomic E-state index is 0.00856. The maximum Gasteiger partial charge on any atom is 0.272 e. The number of methoxy groups -OCH3 is 3. The molecule has 0 heterocycles. The number of thioether (sulfide) groups is 1. The third kappa shape index (κ3) is 8.88. The van der Waals surface area contributed by atoms with Crippen LogP contribution in [0.3, 0.4) is 0 Å². The van der Waals surface area contributed by atoms with Gasteiger partial charge in [-0.2, -0.15) is 0 Å². The predicted octanol–water partition coefficient (Wildman–Crippen LogP) is 5.85. The number of rotatable bonds is 12. The van der Waals surface area contributed by atoms with Gasteiger partial charge in [-0.05, 0) is 72.8 Å². The van der Waals surface area contributed by atoms with Crippen molar-refractivity contribution in [3.05, 3.63) is 114 Å². The first kappa shape index (κ1) is 30.7. The Morgan fingerprint density at radius 1 is 0.721 bits per heavy atom. The van der Waals surface area contributed by atoms with Crippen molar-refractivity contribution in [2.24, 2.45) is 0 Å². The number of nitrogens with one attached hydrogen (secondary N) is 3. The smallest absolute Gasteiger partial charge is 0.272 e. The van der Waals surface area contributed by atoms with Crippen LogP contribution in [0.4, 0.5) is 11.4 Å². The van der Waals surface area contributed by atoms with Crippen molar-refractivity contribution >= 4 is 46.9 Å². The number of ether oxygens (including phenoxy) is 3. The van der Waals surface area contributed by atoms with Crippen LogP contribution in [0.2, 0.25) is 0 Å². The molecule has 220 valence electrons. The molecule has 0 bridgehead atoms. The summed E-state index contributed by atoms with van der Waals surface area (Å²) >= 11 is 1.32. The number of hydrogen-bond acceptors (Lipinski definition) is 7. The molecular formula is C33H31N3O6S. The van der Waals surface area contributed by atoms with Gasteiger partial charge in [-0.1, -0.05) is 24.3 Å². The predicted molar refractivity (Wildman–Crippen MR) is 169 cm³/mol. The Hall–Kier alpha value is -5.22. The lowest BCUT2D eigenvalue weighted by atomic mass is 10.1. The van der Waals surface area contributed by atoms with Crippen molar-refractivity contribution in [2.45, 2.75) is 4.90 Å². The summed E-state index contributed by atoms with van der Waals surface area (Å²) in [6.45, 7) is 0. The first-order chi connectivity index (χ1) is 20.9. The van der Waals surface area contributed by atoms with Crippen LogP contribution in [0.15, 0.2) is 108 Å². The van der Waals surface area contributed by atoms with Gasteiger partial charge in [0.1, 0.15) is 22.9 Å². The molecule has 0 aliphatic heterocycles. The zero-order valence-electron chi connectivity index (χ0n) is 23.9. The van der Waals surface area contributed by atoms with Crippen LogP contribution >= 0.6 is 11.8 Å². The number of carbonyl (C=O) groups is 3. The molecule has 0 spiro atoms. The molecule has 4 aromatic carbocycles. The Kier molecular flexibility index (Phi) is 10.8. The number of anilines is 2. The average Bonchev–Trinajstić information content (AvgIpc) is 3.04. The van der Waals surface area contributed by atoms with Gasteiger partial charge in [0.05, 0.1) is 27.1 Å². The Morgan fingerprint density at radius 2 is 1.44 bits per heavy atom. The highest BCUT2D eigenvalue weighted by molar-refractivity contribution is 8.00. The first-order valence-electron chi connectivity index (χ1n) is 13.2. The van der Waals surface area contributed by atoms with E-state index in [9.17, 15) is 14.4 Å². The summed E-state index contributed by atoms with van der Waals surface area (Å²) in [5.74, 6) is 0.756. The van der Waals surface area contributed by atoms with Gasteiger partial charge in [-0.25, -0.2) is 0 Å².